The fourth-order valence-corrected chi connectivity index (χ4v) is 7.48. The first-order chi connectivity index (χ1) is 11.1. The van der Waals surface area contributed by atoms with Gasteiger partial charge in [-0.3, -0.25) is 0 Å². The molecule has 1 fully saturated rings. The number of rotatable bonds is 4. The molecule has 2 unspecified atom stereocenters. The van der Waals surface area contributed by atoms with Crippen molar-refractivity contribution in [2.75, 3.05) is 18.6 Å². The van der Waals surface area contributed by atoms with Gasteiger partial charge in [-0.25, -0.2) is 8.42 Å². The van der Waals surface area contributed by atoms with Crippen molar-refractivity contribution in [1.82, 2.24) is 0 Å². The van der Waals surface area contributed by atoms with E-state index in [1.54, 1.807) is 18.2 Å². The summed E-state index contributed by atoms with van der Waals surface area (Å²) in [7, 11) is -7.51. The average Bonchev–Trinajstić information content (AvgIpc) is 2.90. The minimum absolute atomic E-state index is 0.0218. The van der Waals surface area contributed by atoms with Gasteiger partial charge in [-0.05, 0) is 18.6 Å². The monoisotopic (exact) mass is 388 g/mol. The molecular weight excluding hydrogens is 373 g/mol. The van der Waals surface area contributed by atoms with Crippen LogP contribution in [0.4, 0.5) is 18.0 Å². The minimum Gasteiger partial charge on any atom is -0.438 e. The molecule has 136 valence electrons. The summed E-state index contributed by atoms with van der Waals surface area (Å²) in [6.07, 6.45) is -1.59. The molecule has 2 atom stereocenters. The lowest BCUT2D eigenvalue weighted by Crippen LogP contribution is -2.28. The topological polar surface area (TPSA) is 78.9 Å². The van der Waals surface area contributed by atoms with Crippen molar-refractivity contribution >= 4 is 26.6 Å². The molecule has 1 aliphatic rings. The molecule has 0 saturated carbocycles. The van der Waals surface area contributed by atoms with Crippen LogP contribution in [0.3, 0.4) is 0 Å². The molecule has 0 aromatic heterocycles. The van der Waals surface area contributed by atoms with E-state index in [1.807, 2.05) is 0 Å². The predicted molar refractivity (Wildman–Crippen MR) is 80.0 cm³/mol. The van der Waals surface area contributed by atoms with Crippen molar-refractivity contribution in [3.8, 4) is 0 Å². The molecule has 1 aromatic carbocycles. The molecule has 1 heterocycles. The number of alkyl halides is 3. The van der Waals surface area contributed by atoms with Gasteiger partial charge in [0.05, 0.1) is 7.11 Å². The zero-order valence-electron chi connectivity index (χ0n) is 12.5. The van der Waals surface area contributed by atoms with E-state index in [9.17, 15) is 26.4 Å². The zero-order valence-corrected chi connectivity index (χ0v) is 14.1. The van der Waals surface area contributed by atoms with Crippen LogP contribution < -0.4 is 0 Å². The van der Waals surface area contributed by atoms with Crippen LogP contribution in [0.5, 0.6) is 0 Å². The molecule has 0 radical (unpaired) electrons. The molecule has 2 rings (SSSR count). The van der Waals surface area contributed by atoms with Crippen LogP contribution >= 0.6 is 10.3 Å². The van der Waals surface area contributed by atoms with Crippen LogP contribution in [0.2, 0.25) is 0 Å². The molecule has 1 aromatic rings. The summed E-state index contributed by atoms with van der Waals surface area (Å²) in [5.41, 5.74) is -5.52. The van der Waals surface area contributed by atoms with Gasteiger partial charge in [-0.2, -0.15) is 21.6 Å². The highest BCUT2D eigenvalue weighted by Gasteiger charge is 2.53. The van der Waals surface area contributed by atoms with Gasteiger partial charge in [0.2, 0.25) is 0 Å². The van der Waals surface area contributed by atoms with Gasteiger partial charge in [0.25, 0.3) is 0 Å². The molecule has 0 aliphatic carbocycles. The number of benzene rings is 1. The third-order valence-corrected chi connectivity index (χ3v) is 8.59. The summed E-state index contributed by atoms with van der Waals surface area (Å²) in [5.74, 6) is -0.130. The standard InChI is InChI=1S/C13H15F3O6S2/c1-20-12(17)21-10-7-8-23(9-10,11-5-3-2-4-6-11)22-24(18,19)13(14,15)16/h2-6,10H,7-9H2,1H3. The van der Waals surface area contributed by atoms with E-state index >= 15 is 0 Å². The van der Waals surface area contributed by atoms with Crippen LogP contribution in [0, 0.1) is 0 Å². The van der Waals surface area contributed by atoms with Gasteiger partial charge in [0.1, 0.15) is 6.10 Å². The highest BCUT2D eigenvalue weighted by atomic mass is 32.3. The SMILES string of the molecule is COC(=O)OC1CCS(OS(=O)(=O)C(F)(F)F)(c2ccccc2)C1. The molecule has 1 saturated heterocycles. The largest absolute Gasteiger partial charge is 0.523 e. The second-order valence-electron chi connectivity index (χ2n) is 4.95. The Hall–Kier alpha value is -1.46. The van der Waals surface area contributed by atoms with E-state index < -0.39 is 38.2 Å². The Morgan fingerprint density at radius 2 is 1.88 bits per heavy atom. The van der Waals surface area contributed by atoms with Crippen LogP contribution in [0.25, 0.3) is 0 Å². The lowest BCUT2D eigenvalue weighted by molar-refractivity contribution is -0.0496. The highest BCUT2D eigenvalue weighted by Crippen LogP contribution is 2.63. The van der Waals surface area contributed by atoms with Gasteiger partial charge < -0.3 is 9.47 Å². The quantitative estimate of drug-likeness (QED) is 0.582. The van der Waals surface area contributed by atoms with Crippen molar-refractivity contribution in [2.24, 2.45) is 0 Å². The van der Waals surface area contributed by atoms with Gasteiger partial charge in [0, 0.05) is 16.4 Å². The van der Waals surface area contributed by atoms with Crippen LogP contribution in [0.15, 0.2) is 35.2 Å². The lowest BCUT2D eigenvalue weighted by Gasteiger charge is -2.34. The van der Waals surface area contributed by atoms with Crippen molar-refractivity contribution < 1.29 is 39.5 Å². The fourth-order valence-electron chi connectivity index (χ4n) is 2.26. The number of methoxy groups -OCH3 is 1. The summed E-state index contributed by atoms with van der Waals surface area (Å²) >= 11 is 0. The van der Waals surface area contributed by atoms with Crippen molar-refractivity contribution in [3.63, 3.8) is 0 Å². The Labute approximate surface area is 138 Å². The number of carbonyl (C=O) groups excluding carboxylic acids is 1. The van der Waals surface area contributed by atoms with Crippen LogP contribution in [0.1, 0.15) is 6.42 Å². The third kappa shape index (κ3) is 3.95. The Morgan fingerprint density at radius 3 is 2.42 bits per heavy atom. The fraction of sp³-hybridized carbons (Fsp3) is 0.462. The van der Waals surface area contributed by atoms with Crippen LogP contribution in [-0.4, -0.2) is 44.8 Å². The minimum atomic E-state index is -5.78. The summed E-state index contributed by atoms with van der Waals surface area (Å²) < 4.78 is 75.2. The summed E-state index contributed by atoms with van der Waals surface area (Å²) in [6.45, 7) is 0. The van der Waals surface area contributed by atoms with E-state index in [4.69, 9.17) is 4.74 Å². The second-order valence-corrected chi connectivity index (χ2v) is 9.70. The molecule has 11 heteroatoms. The van der Waals surface area contributed by atoms with Crippen molar-refractivity contribution in [2.45, 2.75) is 22.9 Å². The predicted octanol–water partition coefficient (Wildman–Crippen LogP) is 3.19. The molecule has 6 nitrogen and oxygen atoms in total. The maximum Gasteiger partial charge on any atom is 0.523 e. The van der Waals surface area contributed by atoms with E-state index in [1.165, 1.54) is 12.1 Å². The van der Waals surface area contributed by atoms with Crippen LogP contribution in [-0.2, 0) is 23.2 Å². The highest BCUT2D eigenvalue weighted by molar-refractivity contribution is 8.33. The van der Waals surface area contributed by atoms with Crippen molar-refractivity contribution in [3.05, 3.63) is 30.3 Å². The van der Waals surface area contributed by atoms with Gasteiger partial charge in [-0.15, -0.1) is 0 Å². The average molecular weight is 388 g/mol. The van der Waals surface area contributed by atoms with E-state index in [0.29, 0.717) is 4.90 Å². The Bertz CT molecular complexity index is 691. The van der Waals surface area contributed by atoms with Crippen molar-refractivity contribution in [1.29, 1.82) is 0 Å². The first kappa shape index (κ1) is 18.9. The number of halogens is 3. The number of hydrogen-bond donors (Lipinski definition) is 0. The first-order valence-electron chi connectivity index (χ1n) is 6.70. The van der Waals surface area contributed by atoms with Gasteiger partial charge in [0.15, 0.2) is 0 Å². The van der Waals surface area contributed by atoms with Gasteiger partial charge >= 0.3 is 21.8 Å². The Morgan fingerprint density at radius 1 is 1.25 bits per heavy atom. The molecule has 24 heavy (non-hydrogen) atoms. The smallest absolute Gasteiger partial charge is 0.438 e. The first-order valence-corrected chi connectivity index (χ1v) is 10.0. The molecule has 0 amide bonds. The third-order valence-electron chi connectivity index (χ3n) is 3.33. The molecule has 0 spiro atoms. The summed E-state index contributed by atoms with van der Waals surface area (Å²) in [6, 6.07) is 7.79. The summed E-state index contributed by atoms with van der Waals surface area (Å²) in [4.78, 5) is 11.5. The molecule has 0 bridgehead atoms. The second kappa shape index (κ2) is 6.81. The zero-order chi connectivity index (χ0) is 18.0. The van der Waals surface area contributed by atoms with E-state index in [0.717, 1.165) is 7.11 Å². The maximum absolute atomic E-state index is 12.7. The molecule has 0 N–H and O–H groups in total. The number of carbonyl (C=O) groups is 1. The Kier molecular flexibility index (Phi) is 5.35. The lowest BCUT2D eigenvalue weighted by atomic mass is 10.3. The molecular formula is C13H15F3O6S2. The van der Waals surface area contributed by atoms with E-state index in [-0.39, 0.29) is 17.9 Å². The van der Waals surface area contributed by atoms with Gasteiger partial charge in [-0.1, -0.05) is 28.5 Å². The van der Waals surface area contributed by atoms with E-state index in [2.05, 4.69) is 8.37 Å². The number of hydrogen-bond acceptors (Lipinski definition) is 6. The normalized spacial score (nSPS) is 27.2. The summed E-state index contributed by atoms with van der Waals surface area (Å²) in [5, 5.41) is 0. The Balaban J connectivity index is 2.34. The number of ether oxygens (including phenoxy) is 2. The maximum atomic E-state index is 12.7. The molecule has 1 aliphatic heterocycles.